The summed E-state index contributed by atoms with van der Waals surface area (Å²) in [5.41, 5.74) is 2.08. The molecule has 8 nitrogen and oxygen atoms in total. The van der Waals surface area contributed by atoms with Crippen molar-refractivity contribution in [2.75, 3.05) is 13.1 Å². The molecule has 1 N–H and O–H groups in total. The third kappa shape index (κ3) is 4.82. The van der Waals surface area contributed by atoms with E-state index in [9.17, 15) is 9.59 Å². The molecule has 2 amide bonds. The molecule has 0 unspecified atom stereocenters. The zero-order chi connectivity index (χ0) is 23.9. The van der Waals surface area contributed by atoms with Gasteiger partial charge in [0.1, 0.15) is 5.69 Å². The van der Waals surface area contributed by atoms with Gasteiger partial charge in [-0.25, -0.2) is 9.97 Å². The SMILES string of the molecule is Cn1cc(-c2nc(C(=O)NC3(C)CCN(C(=O)C4CC4)CC3)cc(-c3ccc(Cl)cc3)n2)cn1. The third-order valence-electron chi connectivity index (χ3n) is 6.58. The highest BCUT2D eigenvalue weighted by Crippen LogP contribution is 2.33. The predicted octanol–water partition coefficient (Wildman–Crippen LogP) is 3.72. The zero-order valence-electron chi connectivity index (χ0n) is 19.3. The number of aryl methyl sites for hydroxylation is 1. The lowest BCUT2D eigenvalue weighted by Gasteiger charge is -2.40. The van der Waals surface area contributed by atoms with Gasteiger partial charge in [0.25, 0.3) is 5.91 Å². The van der Waals surface area contributed by atoms with Crippen LogP contribution in [0.4, 0.5) is 0 Å². The van der Waals surface area contributed by atoms with Crippen LogP contribution in [-0.2, 0) is 11.8 Å². The highest BCUT2D eigenvalue weighted by atomic mass is 35.5. The van der Waals surface area contributed by atoms with Gasteiger partial charge in [-0.05, 0) is 50.8 Å². The van der Waals surface area contributed by atoms with Crippen LogP contribution in [-0.4, -0.2) is 55.1 Å². The fourth-order valence-electron chi connectivity index (χ4n) is 4.27. The molecule has 2 aromatic heterocycles. The Kier molecular flexibility index (Phi) is 5.85. The molecular formula is C25H27ClN6O2. The van der Waals surface area contributed by atoms with Crippen LogP contribution in [0.1, 0.15) is 43.1 Å². The molecular weight excluding hydrogens is 452 g/mol. The molecule has 0 bridgehead atoms. The smallest absolute Gasteiger partial charge is 0.270 e. The van der Waals surface area contributed by atoms with E-state index < -0.39 is 5.54 Å². The molecule has 1 aliphatic carbocycles. The number of rotatable bonds is 5. The van der Waals surface area contributed by atoms with Crippen LogP contribution in [0.5, 0.6) is 0 Å². The van der Waals surface area contributed by atoms with Crippen LogP contribution >= 0.6 is 11.6 Å². The van der Waals surface area contributed by atoms with Crippen molar-refractivity contribution in [3.8, 4) is 22.6 Å². The largest absolute Gasteiger partial charge is 0.345 e. The first kappa shape index (κ1) is 22.5. The van der Waals surface area contributed by atoms with Gasteiger partial charge in [0.05, 0.1) is 17.5 Å². The van der Waals surface area contributed by atoms with Gasteiger partial charge in [-0.2, -0.15) is 5.10 Å². The minimum Gasteiger partial charge on any atom is -0.345 e. The topological polar surface area (TPSA) is 93.0 Å². The maximum absolute atomic E-state index is 13.4. The molecule has 2 aliphatic rings. The average Bonchev–Trinajstić information content (AvgIpc) is 3.59. The molecule has 5 rings (SSSR count). The van der Waals surface area contributed by atoms with Gasteiger partial charge in [0, 0.05) is 48.4 Å². The lowest BCUT2D eigenvalue weighted by Crippen LogP contribution is -2.54. The van der Waals surface area contributed by atoms with E-state index in [2.05, 4.69) is 20.4 Å². The summed E-state index contributed by atoms with van der Waals surface area (Å²) >= 11 is 6.05. The highest BCUT2D eigenvalue weighted by Gasteiger charge is 2.38. The fourth-order valence-corrected chi connectivity index (χ4v) is 4.40. The van der Waals surface area contributed by atoms with Gasteiger partial charge in [0.15, 0.2) is 5.82 Å². The number of likely N-dealkylation sites (tertiary alicyclic amines) is 1. The number of nitrogens with zero attached hydrogens (tertiary/aromatic N) is 5. The summed E-state index contributed by atoms with van der Waals surface area (Å²) < 4.78 is 1.67. The number of piperidine rings is 1. The summed E-state index contributed by atoms with van der Waals surface area (Å²) in [6, 6.07) is 9.02. The molecule has 1 aliphatic heterocycles. The van der Waals surface area contributed by atoms with Gasteiger partial charge < -0.3 is 10.2 Å². The second-order valence-electron chi connectivity index (χ2n) is 9.49. The number of benzene rings is 1. The molecule has 3 aromatic rings. The van der Waals surface area contributed by atoms with E-state index in [4.69, 9.17) is 11.6 Å². The van der Waals surface area contributed by atoms with E-state index in [0.717, 1.165) is 24.0 Å². The molecule has 1 saturated heterocycles. The first-order valence-corrected chi connectivity index (χ1v) is 11.9. The molecule has 0 radical (unpaired) electrons. The normalized spacial score (nSPS) is 17.4. The van der Waals surface area contributed by atoms with Crippen LogP contribution in [0.3, 0.4) is 0 Å². The minimum atomic E-state index is -0.405. The Bertz CT molecular complexity index is 1230. The average molecular weight is 479 g/mol. The molecule has 0 atom stereocenters. The van der Waals surface area contributed by atoms with E-state index in [1.807, 2.05) is 37.2 Å². The highest BCUT2D eigenvalue weighted by molar-refractivity contribution is 6.30. The van der Waals surface area contributed by atoms with Gasteiger partial charge in [0.2, 0.25) is 5.91 Å². The maximum Gasteiger partial charge on any atom is 0.270 e. The van der Waals surface area contributed by atoms with Crippen LogP contribution in [0, 0.1) is 5.92 Å². The van der Waals surface area contributed by atoms with E-state index in [1.165, 1.54) is 0 Å². The molecule has 9 heteroatoms. The van der Waals surface area contributed by atoms with Crippen molar-refractivity contribution in [2.45, 2.75) is 38.1 Å². The Labute approximate surface area is 203 Å². The Morgan fingerprint density at radius 2 is 1.79 bits per heavy atom. The van der Waals surface area contributed by atoms with Crippen molar-refractivity contribution >= 4 is 23.4 Å². The molecule has 3 heterocycles. The number of halogens is 1. The Morgan fingerprint density at radius 3 is 2.41 bits per heavy atom. The zero-order valence-corrected chi connectivity index (χ0v) is 20.0. The molecule has 1 aromatic carbocycles. The van der Waals surface area contributed by atoms with Crippen LogP contribution in [0.15, 0.2) is 42.7 Å². The van der Waals surface area contributed by atoms with Crippen LogP contribution in [0.2, 0.25) is 5.02 Å². The number of nitrogens with one attached hydrogen (secondary N) is 1. The molecule has 0 spiro atoms. The lowest BCUT2D eigenvalue weighted by atomic mass is 9.89. The van der Waals surface area contributed by atoms with Gasteiger partial charge >= 0.3 is 0 Å². The number of aromatic nitrogens is 4. The van der Waals surface area contributed by atoms with Crippen molar-refractivity contribution < 1.29 is 9.59 Å². The third-order valence-corrected chi connectivity index (χ3v) is 6.83. The molecule has 1 saturated carbocycles. The Balaban J connectivity index is 1.39. The van der Waals surface area contributed by atoms with E-state index in [-0.39, 0.29) is 23.4 Å². The maximum atomic E-state index is 13.4. The second kappa shape index (κ2) is 8.83. The number of carbonyl (C=O) groups is 2. The van der Waals surface area contributed by atoms with E-state index in [0.29, 0.717) is 42.5 Å². The van der Waals surface area contributed by atoms with E-state index >= 15 is 0 Å². The number of amides is 2. The summed E-state index contributed by atoms with van der Waals surface area (Å²) in [6.45, 7) is 3.35. The monoisotopic (exact) mass is 478 g/mol. The minimum absolute atomic E-state index is 0.220. The van der Waals surface area contributed by atoms with Crippen molar-refractivity contribution in [1.82, 2.24) is 30.0 Å². The van der Waals surface area contributed by atoms with Crippen molar-refractivity contribution in [3.05, 3.63) is 53.4 Å². The summed E-state index contributed by atoms with van der Waals surface area (Å²) in [4.78, 5) is 36.9. The molecule has 34 heavy (non-hydrogen) atoms. The Hall–Kier alpha value is -3.26. The molecule has 2 fully saturated rings. The number of carbonyl (C=O) groups excluding carboxylic acids is 2. The number of hydrogen-bond acceptors (Lipinski definition) is 5. The second-order valence-corrected chi connectivity index (χ2v) is 9.92. The fraction of sp³-hybridized carbons (Fsp3) is 0.400. The van der Waals surface area contributed by atoms with Crippen molar-refractivity contribution in [2.24, 2.45) is 13.0 Å². The molecule has 176 valence electrons. The first-order chi connectivity index (χ1) is 16.3. The summed E-state index contributed by atoms with van der Waals surface area (Å²) in [7, 11) is 1.82. The predicted molar refractivity (Wildman–Crippen MR) is 129 cm³/mol. The first-order valence-electron chi connectivity index (χ1n) is 11.5. The van der Waals surface area contributed by atoms with Gasteiger partial charge in [-0.15, -0.1) is 0 Å². The summed E-state index contributed by atoms with van der Waals surface area (Å²) in [5, 5.41) is 8.02. The lowest BCUT2D eigenvalue weighted by molar-refractivity contribution is -0.134. The van der Waals surface area contributed by atoms with E-state index in [1.54, 1.807) is 29.1 Å². The van der Waals surface area contributed by atoms with Gasteiger partial charge in [-0.1, -0.05) is 23.7 Å². The Morgan fingerprint density at radius 1 is 1.09 bits per heavy atom. The standard InChI is InChI=1S/C25H27ClN6O2/c1-25(9-11-32(12-10-25)24(34)17-3-4-17)30-23(33)21-13-20(16-5-7-19(26)8-6-16)28-22(29-21)18-14-27-31(2)15-18/h5-8,13-15,17H,3-4,9-12H2,1-2H3,(H,30,33). The van der Waals surface area contributed by atoms with Crippen LogP contribution < -0.4 is 5.32 Å². The number of hydrogen-bond donors (Lipinski definition) is 1. The van der Waals surface area contributed by atoms with Crippen molar-refractivity contribution in [3.63, 3.8) is 0 Å². The summed E-state index contributed by atoms with van der Waals surface area (Å²) in [5.74, 6) is 0.656. The quantitative estimate of drug-likeness (QED) is 0.603. The van der Waals surface area contributed by atoms with Crippen molar-refractivity contribution in [1.29, 1.82) is 0 Å². The van der Waals surface area contributed by atoms with Gasteiger partial charge in [-0.3, -0.25) is 14.3 Å². The van der Waals surface area contributed by atoms with Crippen LogP contribution in [0.25, 0.3) is 22.6 Å². The summed E-state index contributed by atoms with van der Waals surface area (Å²) in [6.07, 6.45) is 6.93.